The van der Waals surface area contributed by atoms with E-state index in [1.54, 1.807) is 11.3 Å². The molecule has 1 saturated heterocycles. The van der Waals surface area contributed by atoms with Crippen molar-refractivity contribution in [2.24, 2.45) is 0 Å². The maximum Gasteiger partial charge on any atom is 0.270 e. The summed E-state index contributed by atoms with van der Waals surface area (Å²) in [5, 5.41) is 13.4. The van der Waals surface area contributed by atoms with Crippen LogP contribution in [0.4, 0.5) is 10.8 Å². The Morgan fingerprint density at radius 2 is 1.75 bits per heavy atom. The molecule has 3 aromatic rings. The number of nitrogens with zero attached hydrogens (tertiary/aromatic N) is 3. The van der Waals surface area contributed by atoms with Gasteiger partial charge in [-0.05, 0) is 50.8 Å². The Hall–Kier alpha value is -2.78. The smallest absolute Gasteiger partial charge is 0.270 e. The fourth-order valence-corrected chi connectivity index (χ4v) is 7.07. The van der Waals surface area contributed by atoms with Crippen LogP contribution in [0.3, 0.4) is 0 Å². The van der Waals surface area contributed by atoms with E-state index in [2.05, 4.69) is 43.2 Å². The third-order valence-electron chi connectivity index (χ3n) is 5.93. The van der Waals surface area contributed by atoms with Crippen molar-refractivity contribution in [2.75, 3.05) is 18.0 Å². The van der Waals surface area contributed by atoms with E-state index in [0.717, 1.165) is 22.5 Å². The quantitative estimate of drug-likeness (QED) is 0.380. The average Bonchev–Trinajstić information content (AvgIpc) is 3.23. The predicted molar refractivity (Wildman–Crippen MR) is 127 cm³/mol. The summed E-state index contributed by atoms with van der Waals surface area (Å²) in [6, 6.07) is 9.64. The molecule has 4 rings (SSSR count). The normalized spacial score (nSPS) is 15.2. The molecule has 168 valence electrons. The summed E-state index contributed by atoms with van der Waals surface area (Å²) in [7, 11) is -3.62. The van der Waals surface area contributed by atoms with Gasteiger partial charge in [-0.25, -0.2) is 13.4 Å². The van der Waals surface area contributed by atoms with Crippen molar-refractivity contribution in [3.63, 3.8) is 0 Å². The molecular weight excluding hydrogens is 446 g/mol. The zero-order valence-electron chi connectivity index (χ0n) is 18.2. The van der Waals surface area contributed by atoms with Crippen LogP contribution in [-0.4, -0.2) is 36.7 Å². The van der Waals surface area contributed by atoms with Crippen molar-refractivity contribution in [1.82, 2.24) is 4.98 Å². The molecule has 0 radical (unpaired) electrons. The Bertz CT molecular complexity index is 1250. The van der Waals surface area contributed by atoms with E-state index in [0.29, 0.717) is 25.9 Å². The van der Waals surface area contributed by atoms with Crippen LogP contribution in [0.25, 0.3) is 11.3 Å². The number of aryl methyl sites for hydroxylation is 3. The Morgan fingerprint density at radius 3 is 2.38 bits per heavy atom. The van der Waals surface area contributed by atoms with Gasteiger partial charge in [-0.2, -0.15) is 0 Å². The van der Waals surface area contributed by atoms with Crippen LogP contribution >= 0.6 is 11.3 Å². The van der Waals surface area contributed by atoms with Gasteiger partial charge in [0.15, 0.2) is 15.0 Å². The molecule has 2 aromatic carbocycles. The summed E-state index contributed by atoms with van der Waals surface area (Å²) in [4.78, 5) is 17.5. The highest BCUT2D eigenvalue weighted by molar-refractivity contribution is 7.92. The van der Waals surface area contributed by atoms with Gasteiger partial charge in [-0.3, -0.25) is 10.1 Å². The Morgan fingerprint density at radius 1 is 1.09 bits per heavy atom. The number of hydrogen-bond donors (Lipinski definition) is 0. The van der Waals surface area contributed by atoms with Crippen molar-refractivity contribution >= 4 is 32.0 Å². The van der Waals surface area contributed by atoms with E-state index < -0.39 is 20.0 Å². The Balaban J connectivity index is 1.49. The topological polar surface area (TPSA) is 93.4 Å². The van der Waals surface area contributed by atoms with Gasteiger partial charge in [0, 0.05) is 36.2 Å². The van der Waals surface area contributed by atoms with Gasteiger partial charge in [-0.1, -0.05) is 23.8 Å². The lowest BCUT2D eigenvalue weighted by Crippen LogP contribution is -2.39. The number of non-ortho nitro benzene ring substituents is 1. The third-order valence-corrected chi connectivity index (χ3v) is 9.10. The van der Waals surface area contributed by atoms with Gasteiger partial charge in [0.05, 0.1) is 20.8 Å². The second-order valence-electron chi connectivity index (χ2n) is 8.27. The number of rotatable bonds is 5. The van der Waals surface area contributed by atoms with Crippen LogP contribution in [0.2, 0.25) is 0 Å². The van der Waals surface area contributed by atoms with Gasteiger partial charge >= 0.3 is 0 Å². The molecule has 32 heavy (non-hydrogen) atoms. The van der Waals surface area contributed by atoms with E-state index in [1.165, 1.54) is 34.9 Å². The maximum atomic E-state index is 13.0. The molecular formula is C23H25N3O4S2. The van der Waals surface area contributed by atoms with Gasteiger partial charge in [0.1, 0.15) is 0 Å². The Kier molecular flexibility index (Phi) is 6.05. The summed E-state index contributed by atoms with van der Waals surface area (Å²) in [6.07, 6.45) is 0.922. The van der Waals surface area contributed by atoms with Crippen LogP contribution in [0.15, 0.2) is 46.7 Å². The van der Waals surface area contributed by atoms with E-state index >= 15 is 0 Å². The number of hydrogen-bond acceptors (Lipinski definition) is 7. The van der Waals surface area contributed by atoms with E-state index in [1.807, 2.05) is 0 Å². The number of thiazole rings is 1. The van der Waals surface area contributed by atoms with Crippen molar-refractivity contribution in [3.8, 4) is 11.3 Å². The number of nitro benzene ring substituents is 1. The highest BCUT2D eigenvalue weighted by Crippen LogP contribution is 2.34. The second kappa shape index (κ2) is 8.63. The van der Waals surface area contributed by atoms with Crippen LogP contribution in [0.1, 0.15) is 29.5 Å². The number of piperidine rings is 1. The van der Waals surface area contributed by atoms with Crippen LogP contribution in [-0.2, 0) is 9.84 Å². The fourth-order valence-electron chi connectivity index (χ4n) is 4.43. The minimum Gasteiger partial charge on any atom is -0.348 e. The van der Waals surface area contributed by atoms with Crippen LogP contribution in [0.5, 0.6) is 0 Å². The molecule has 1 aliphatic rings. The largest absolute Gasteiger partial charge is 0.348 e. The molecule has 1 aromatic heterocycles. The first-order valence-electron chi connectivity index (χ1n) is 10.4. The van der Waals surface area contributed by atoms with Gasteiger partial charge in [0.2, 0.25) is 0 Å². The van der Waals surface area contributed by atoms with Crippen molar-refractivity contribution in [3.05, 3.63) is 68.6 Å². The average molecular weight is 472 g/mol. The summed E-state index contributed by atoms with van der Waals surface area (Å²) in [6.45, 7) is 7.44. The van der Waals surface area contributed by atoms with Crippen molar-refractivity contribution in [2.45, 2.75) is 43.8 Å². The first-order valence-corrected chi connectivity index (χ1v) is 12.9. The minimum absolute atomic E-state index is 0.0204. The minimum atomic E-state index is -3.62. The van der Waals surface area contributed by atoms with Crippen LogP contribution in [0, 0.1) is 30.9 Å². The lowest BCUT2D eigenvalue weighted by Gasteiger charge is -2.31. The lowest BCUT2D eigenvalue weighted by molar-refractivity contribution is -0.385. The SMILES string of the molecule is Cc1cc(C)c(-c2csc(N3CCC(S(=O)(=O)c4cccc([N+](=O)[O-])c4)CC3)n2)c(C)c1. The van der Waals surface area contributed by atoms with Crippen molar-refractivity contribution in [1.29, 1.82) is 0 Å². The molecule has 0 bridgehead atoms. The van der Waals surface area contributed by atoms with Crippen molar-refractivity contribution < 1.29 is 13.3 Å². The highest BCUT2D eigenvalue weighted by Gasteiger charge is 2.33. The molecule has 0 atom stereocenters. The molecule has 1 fully saturated rings. The van der Waals surface area contributed by atoms with Gasteiger partial charge < -0.3 is 4.90 Å². The molecule has 0 amide bonds. The number of benzene rings is 2. The maximum absolute atomic E-state index is 13.0. The zero-order valence-corrected chi connectivity index (χ0v) is 19.9. The fraction of sp³-hybridized carbons (Fsp3) is 0.348. The van der Waals surface area contributed by atoms with E-state index in [4.69, 9.17) is 4.98 Å². The predicted octanol–water partition coefficient (Wildman–Crippen LogP) is 5.09. The standard InChI is InChI=1S/C23H25N3O4S2/c1-15-11-16(2)22(17(3)12-15)21-14-31-23(24-21)25-9-7-19(8-10-25)32(29,30)20-6-4-5-18(13-20)26(27)28/h4-6,11-14,19H,7-10H2,1-3H3. The summed E-state index contributed by atoms with van der Waals surface area (Å²) in [5.41, 5.74) is 5.52. The molecule has 0 aliphatic carbocycles. The highest BCUT2D eigenvalue weighted by atomic mass is 32.2. The summed E-state index contributed by atoms with van der Waals surface area (Å²) < 4.78 is 26.1. The number of nitro groups is 1. The lowest BCUT2D eigenvalue weighted by atomic mass is 9.98. The molecule has 0 saturated carbocycles. The van der Waals surface area contributed by atoms with Gasteiger partial charge in [-0.15, -0.1) is 11.3 Å². The molecule has 7 nitrogen and oxygen atoms in total. The number of anilines is 1. The molecule has 0 unspecified atom stereocenters. The first kappa shape index (κ1) is 22.4. The van der Waals surface area contributed by atoms with E-state index in [-0.39, 0.29) is 10.6 Å². The zero-order chi connectivity index (χ0) is 23.0. The monoisotopic (exact) mass is 471 g/mol. The molecule has 2 heterocycles. The number of aromatic nitrogens is 1. The van der Waals surface area contributed by atoms with Crippen LogP contribution < -0.4 is 4.90 Å². The molecule has 1 aliphatic heterocycles. The summed E-state index contributed by atoms with van der Waals surface area (Å²) in [5.74, 6) is 0. The van der Waals surface area contributed by atoms with E-state index in [9.17, 15) is 18.5 Å². The molecule has 0 N–H and O–H groups in total. The third kappa shape index (κ3) is 4.27. The van der Waals surface area contributed by atoms with Gasteiger partial charge in [0.25, 0.3) is 5.69 Å². The number of sulfone groups is 1. The molecule has 0 spiro atoms. The molecule has 9 heteroatoms. The summed E-state index contributed by atoms with van der Waals surface area (Å²) >= 11 is 1.57. The Labute approximate surface area is 191 Å². The first-order chi connectivity index (χ1) is 15.2. The second-order valence-corrected chi connectivity index (χ2v) is 11.3.